The average Bonchev–Trinajstić information content (AvgIpc) is 2.21. The molecule has 1 aromatic carbocycles. The molecule has 16 heavy (non-hydrogen) atoms. The Labute approximate surface area is 93.6 Å². The van der Waals surface area contributed by atoms with Gasteiger partial charge in [-0.3, -0.25) is 14.9 Å². The van der Waals surface area contributed by atoms with Crippen LogP contribution in [0.4, 0.5) is 5.69 Å². The van der Waals surface area contributed by atoms with E-state index in [1.165, 1.54) is 13.8 Å². The Hall–Kier alpha value is -1.91. The van der Waals surface area contributed by atoms with Crippen LogP contribution in [0.5, 0.6) is 0 Å². The third kappa shape index (κ3) is 2.56. The Morgan fingerprint density at radius 2 is 1.81 bits per heavy atom. The van der Waals surface area contributed by atoms with Gasteiger partial charge in [-0.25, -0.2) is 0 Å². The fraction of sp³-hybridized carbons (Fsp3) is 0.364. The maximum atomic E-state index is 11.6. The Kier molecular flexibility index (Phi) is 3.27. The average molecular weight is 222 g/mol. The number of amides is 1. The molecule has 0 fully saturated rings. The van der Waals surface area contributed by atoms with Crippen LogP contribution in [0.2, 0.25) is 0 Å². The molecule has 1 aromatic rings. The van der Waals surface area contributed by atoms with Crippen LogP contribution in [0.3, 0.4) is 0 Å². The van der Waals surface area contributed by atoms with Gasteiger partial charge in [0.1, 0.15) is 0 Å². The minimum Gasteiger partial charge on any atom is -0.320 e. The lowest BCUT2D eigenvalue weighted by atomic mass is 10.1. The summed E-state index contributed by atoms with van der Waals surface area (Å²) in [7, 11) is 0. The van der Waals surface area contributed by atoms with E-state index in [9.17, 15) is 14.9 Å². The van der Waals surface area contributed by atoms with Crippen LogP contribution in [0, 0.1) is 17.0 Å². The highest BCUT2D eigenvalue weighted by molar-refractivity contribution is 5.96. The third-order valence-corrected chi connectivity index (χ3v) is 2.32. The van der Waals surface area contributed by atoms with Gasteiger partial charge in [-0.15, -0.1) is 0 Å². The number of hydrogen-bond donors (Lipinski definition) is 1. The molecule has 0 saturated carbocycles. The zero-order chi connectivity index (χ0) is 12.3. The largest absolute Gasteiger partial charge is 0.320 e. The van der Waals surface area contributed by atoms with Crippen LogP contribution in [-0.2, 0) is 4.79 Å². The zero-order valence-electron chi connectivity index (χ0n) is 9.48. The SMILES string of the molecule is Cc1ccc(NC(=O)C(C)(C)[N+](=O)[O-])cc1. The standard InChI is InChI=1S/C11H14N2O3/c1-8-4-6-9(7-5-8)12-10(14)11(2,3)13(15)16/h4-7H,1-3H3,(H,12,14). The maximum absolute atomic E-state index is 11.6. The van der Waals surface area contributed by atoms with E-state index < -0.39 is 16.4 Å². The Bertz CT molecular complexity index is 410. The van der Waals surface area contributed by atoms with Gasteiger partial charge in [0.2, 0.25) is 0 Å². The van der Waals surface area contributed by atoms with Crippen LogP contribution in [0.15, 0.2) is 24.3 Å². The zero-order valence-corrected chi connectivity index (χ0v) is 9.48. The molecular formula is C11H14N2O3. The van der Waals surface area contributed by atoms with E-state index in [0.29, 0.717) is 5.69 Å². The molecule has 0 aromatic heterocycles. The lowest BCUT2D eigenvalue weighted by molar-refractivity contribution is -0.542. The molecule has 0 heterocycles. The molecule has 5 nitrogen and oxygen atoms in total. The van der Waals surface area contributed by atoms with E-state index in [1.807, 2.05) is 19.1 Å². The van der Waals surface area contributed by atoms with Crippen molar-refractivity contribution in [2.45, 2.75) is 26.3 Å². The summed E-state index contributed by atoms with van der Waals surface area (Å²) in [6.45, 7) is 4.47. The first-order valence-electron chi connectivity index (χ1n) is 4.86. The molecule has 0 spiro atoms. The highest BCUT2D eigenvalue weighted by Crippen LogP contribution is 2.14. The van der Waals surface area contributed by atoms with Crippen molar-refractivity contribution in [3.63, 3.8) is 0 Å². The van der Waals surface area contributed by atoms with Crippen molar-refractivity contribution in [3.05, 3.63) is 39.9 Å². The van der Waals surface area contributed by atoms with Gasteiger partial charge < -0.3 is 5.32 Å². The molecule has 0 bridgehead atoms. The highest BCUT2D eigenvalue weighted by atomic mass is 16.6. The van der Waals surface area contributed by atoms with Crippen molar-refractivity contribution in [2.24, 2.45) is 0 Å². The Morgan fingerprint density at radius 1 is 1.31 bits per heavy atom. The van der Waals surface area contributed by atoms with Gasteiger partial charge in [-0.1, -0.05) is 17.7 Å². The number of benzene rings is 1. The highest BCUT2D eigenvalue weighted by Gasteiger charge is 2.40. The number of rotatable bonds is 3. The van der Waals surface area contributed by atoms with Gasteiger partial charge in [0, 0.05) is 24.5 Å². The fourth-order valence-corrected chi connectivity index (χ4v) is 1.00. The first-order valence-corrected chi connectivity index (χ1v) is 4.86. The van der Waals surface area contributed by atoms with Crippen molar-refractivity contribution in [3.8, 4) is 0 Å². The van der Waals surface area contributed by atoms with E-state index >= 15 is 0 Å². The van der Waals surface area contributed by atoms with E-state index in [4.69, 9.17) is 0 Å². The number of nitrogens with one attached hydrogen (secondary N) is 1. The van der Waals surface area contributed by atoms with Crippen molar-refractivity contribution < 1.29 is 9.72 Å². The van der Waals surface area contributed by atoms with E-state index in [2.05, 4.69) is 5.32 Å². The number of aryl methyl sites for hydroxylation is 1. The summed E-state index contributed by atoms with van der Waals surface area (Å²) in [6.07, 6.45) is 0. The Morgan fingerprint density at radius 3 is 2.25 bits per heavy atom. The molecule has 0 radical (unpaired) electrons. The summed E-state index contributed by atoms with van der Waals surface area (Å²) in [5, 5.41) is 13.2. The number of hydrogen-bond acceptors (Lipinski definition) is 3. The molecule has 1 rings (SSSR count). The molecule has 0 aliphatic rings. The lowest BCUT2D eigenvalue weighted by Gasteiger charge is -2.15. The molecule has 0 saturated heterocycles. The molecule has 0 unspecified atom stereocenters. The minimum atomic E-state index is -1.62. The summed E-state index contributed by atoms with van der Waals surface area (Å²) >= 11 is 0. The fourth-order valence-electron chi connectivity index (χ4n) is 1.00. The van der Waals surface area contributed by atoms with Crippen molar-refractivity contribution in [1.82, 2.24) is 0 Å². The van der Waals surface area contributed by atoms with Crippen LogP contribution in [-0.4, -0.2) is 16.4 Å². The van der Waals surface area contributed by atoms with Crippen molar-refractivity contribution >= 4 is 11.6 Å². The second-order valence-electron chi connectivity index (χ2n) is 4.14. The molecule has 0 atom stereocenters. The summed E-state index contributed by atoms with van der Waals surface area (Å²) in [4.78, 5) is 21.7. The Balaban J connectivity index is 2.79. The van der Waals surface area contributed by atoms with Gasteiger partial charge in [-0.05, 0) is 19.1 Å². The molecule has 5 heteroatoms. The van der Waals surface area contributed by atoms with E-state index in [-0.39, 0.29) is 0 Å². The number of nitrogens with zero attached hydrogens (tertiary/aromatic N) is 1. The first kappa shape index (κ1) is 12.2. The first-order chi connectivity index (χ1) is 7.34. The van der Waals surface area contributed by atoms with Crippen LogP contribution in [0.25, 0.3) is 0 Å². The number of nitro groups is 1. The minimum absolute atomic E-state index is 0.561. The molecule has 1 N–H and O–H groups in total. The summed E-state index contributed by atoms with van der Waals surface area (Å²) in [6, 6.07) is 7.08. The van der Waals surface area contributed by atoms with Crippen LogP contribution >= 0.6 is 0 Å². The number of carbonyl (C=O) groups is 1. The molecule has 1 amide bonds. The van der Waals surface area contributed by atoms with Gasteiger partial charge in [0.05, 0.1) is 0 Å². The van der Waals surface area contributed by atoms with Gasteiger partial charge in [0.15, 0.2) is 0 Å². The summed E-state index contributed by atoms with van der Waals surface area (Å²) in [5.74, 6) is -0.624. The molecule has 0 aliphatic carbocycles. The quantitative estimate of drug-likeness (QED) is 0.627. The van der Waals surface area contributed by atoms with Crippen molar-refractivity contribution in [1.29, 1.82) is 0 Å². The van der Waals surface area contributed by atoms with E-state index in [1.54, 1.807) is 12.1 Å². The van der Waals surface area contributed by atoms with Gasteiger partial charge in [-0.2, -0.15) is 0 Å². The topological polar surface area (TPSA) is 72.2 Å². The van der Waals surface area contributed by atoms with Crippen LogP contribution < -0.4 is 5.32 Å². The molecule has 0 aliphatic heterocycles. The number of anilines is 1. The van der Waals surface area contributed by atoms with Gasteiger partial charge >= 0.3 is 5.91 Å². The molecular weight excluding hydrogens is 208 g/mol. The second kappa shape index (κ2) is 4.30. The van der Waals surface area contributed by atoms with Crippen molar-refractivity contribution in [2.75, 3.05) is 5.32 Å². The lowest BCUT2D eigenvalue weighted by Crippen LogP contribution is -2.44. The van der Waals surface area contributed by atoms with Crippen LogP contribution in [0.1, 0.15) is 19.4 Å². The smallest absolute Gasteiger partial charge is 0.301 e. The van der Waals surface area contributed by atoms with Gasteiger partial charge in [0.25, 0.3) is 5.54 Å². The number of carbonyl (C=O) groups excluding carboxylic acids is 1. The predicted molar refractivity (Wildman–Crippen MR) is 60.9 cm³/mol. The monoisotopic (exact) mass is 222 g/mol. The maximum Gasteiger partial charge on any atom is 0.301 e. The predicted octanol–water partition coefficient (Wildman–Crippen LogP) is 1.99. The second-order valence-corrected chi connectivity index (χ2v) is 4.14. The summed E-state index contributed by atoms with van der Waals surface area (Å²) < 4.78 is 0. The molecule has 86 valence electrons. The summed E-state index contributed by atoms with van der Waals surface area (Å²) in [5.41, 5.74) is 0.00213. The third-order valence-electron chi connectivity index (χ3n) is 2.32. The van der Waals surface area contributed by atoms with E-state index in [0.717, 1.165) is 5.56 Å². The normalized spacial score (nSPS) is 10.9.